The molecule has 1 aliphatic rings. The number of hydrogen-bond acceptors (Lipinski definition) is 6. The molecule has 1 saturated heterocycles. The SMILES string of the molecule is CCCCCCCC1(CC[C@H]([C@@H](CCCCCCOC(=O)C(C)C)CO[Si](C)(C)C(C)(C)C)[C@H](O)CC)OCCO1. The molecule has 0 amide bonds. The molecule has 41 heavy (non-hydrogen) atoms. The van der Waals surface area contributed by atoms with Gasteiger partial charge in [0.25, 0.3) is 0 Å². The van der Waals surface area contributed by atoms with Gasteiger partial charge in [0, 0.05) is 19.4 Å². The summed E-state index contributed by atoms with van der Waals surface area (Å²) >= 11 is 0. The van der Waals surface area contributed by atoms with E-state index in [0.717, 1.165) is 64.2 Å². The second-order valence-electron chi connectivity index (χ2n) is 14.3. The van der Waals surface area contributed by atoms with Gasteiger partial charge in [-0.3, -0.25) is 4.79 Å². The van der Waals surface area contributed by atoms with Gasteiger partial charge in [0.15, 0.2) is 14.1 Å². The van der Waals surface area contributed by atoms with E-state index in [4.69, 9.17) is 18.6 Å². The zero-order chi connectivity index (χ0) is 30.9. The third-order valence-electron chi connectivity index (χ3n) is 9.50. The van der Waals surface area contributed by atoms with Crippen LogP contribution in [-0.2, 0) is 23.4 Å². The summed E-state index contributed by atoms with van der Waals surface area (Å²) in [6.45, 7) is 22.1. The molecule has 0 spiro atoms. The topological polar surface area (TPSA) is 74.2 Å². The number of carbonyl (C=O) groups is 1. The first-order valence-electron chi connectivity index (χ1n) is 17.0. The highest BCUT2D eigenvalue weighted by Crippen LogP contribution is 2.40. The van der Waals surface area contributed by atoms with Crippen LogP contribution in [0.4, 0.5) is 0 Å². The molecular formula is C34H68O6Si. The van der Waals surface area contributed by atoms with Crippen molar-refractivity contribution in [2.75, 3.05) is 26.4 Å². The van der Waals surface area contributed by atoms with E-state index in [0.29, 0.717) is 32.3 Å². The average molecular weight is 601 g/mol. The van der Waals surface area contributed by atoms with E-state index in [1.165, 1.54) is 25.7 Å². The molecule has 0 unspecified atom stereocenters. The highest BCUT2D eigenvalue weighted by molar-refractivity contribution is 6.74. The van der Waals surface area contributed by atoms with E-state index < -0.39 is 14.1 Å². The summed E-state index contributed by atoms with van der Waals surface area (Å²) in [5, 5.41) is 11.5. The Hall–Kier alpha value is -0.473. The van der Waals surface area contributed by atoms with E-state index >= 15 is 0 Å². The third kappa shape index (κ3) is 14.7. The average Bonchev–Trinajstić information content (AvgIpc) is 3.38. The van der Waals surface area contributed by atoms with Crippen LogP contribution in [0.3, 0.4) is 0 Å². The molecule has 6 nitrogen and oxygen atoms in total. The number of rotatable bonds is 23. The second kappa shape index (κ2) is 19.7. The van der Waals surface area contributed by atoms with Crippen molar-refractivity contribution in [2.45, 2.75) is 168 Å². The Labute approximate surface area is 255 Å². The molecule has 0 saturated carbocycles. The summed E-state index contributed by atoms with van der Waals surface area (Å²) in [5.74, 6) is -0.227. The van der Waals surface area contributed by atoms with Crippen molar-refractivity contribution < 1.29 is 28.5 Å². The maximum absolute atomic E-state index is 11.7. The van der Waals surface area contributed by atoms with Crippen molar-refractivity contribution in [1.29, 1.82) is 0 Å². The van der Waals surface area contributed by atoms with E-state index in [1.807, 2.05) is 13.8 Å². The summed E-state index contributed by atoms with van der Waals surface area (Å²) in [6.07, 6.45) is 14.4. The molecule has 3 atom stereocenters. The van der Waals surface area contributed by atoms with Gasteiger partial charge >= 0.3 is 5.97 Å². The summed E-state index contributed by atoms with van der Waals surface area (Å²) < 4.78 is 24.6. The molecular weight excluding hydrogens is 532 g/mol. The molecule has 244 valence electrons. The molecule has 1 rings (SSSR count). The van der Waals surface area contributed by atoms with Crippen molar-refractivity contribution in [2.24, 2.45) is 17.8 Å². The van der Waals surface area contributed by atoms with Crippen LogP contribution in [0.15, 0.2) is 0 Å². The Morgan fingerprint density at radius 1 is 0.902 bits per heavy atom. The first-order valence-corrected chi connectivity index (χ1v) is 20.0. The number of unbranched alkanes of at least 4 members (excludes halogenated alkanes) is 7. The van der Waals surface area contributed by atoms with E-state index in [-0.39, 0.29) is 28.9 Å². The minimum absolute atomic E-state index is 0.0705. The van der Waals surface area contributed by atoms with Gasteiger partial charge < -0.3 is 23.7 Å². The van der Waals surface area contributed by atoms with Crippen LogP contribution >= 0.6 is 0 Å². The minimum atomic E-state index is -1.92. The van der Waals surface area contributed by atoms with Crippen molar-refractivity contribution in [3.8, 4) is 0 Å². The molecule has 7 heteroatoms. The second-order valence-corrected chi connectivity index (χ2v) is 19.1. The highest BCUT2D eigenvalue weighted by atomic mass is 28.4. The smallest absolute Gasteiger partial charge is 0.308 e. The summed E-state index contributed by atoms with van der Waals surface area (Å²) in [7, 11) is -1.92. The van der Waals surface area contributed by atoms with E-state index in [1.54, 1.807) is 0 Å². The van der Waals surface area contributed by atoms with Crippen molar-refractivity contribution >= 4 is 14.3 Å². The fourth-order valence-corrected chi connectivity index (χ4v) is 6.56. The van der Waals surface area contributed by atoms with Gasteiger partial charge in [-0.05, 0) is 62.1 Å². The zero-order valence-electron chi connectivity index (χ0n) is 28.5. The first kappa shape index (κ1) is 38.6. The van der Waals surface area contributed by atoms with Gasteiger partial charge in [-0.25, -0.2) is 0 Å². The molecule has 1 N–H and O–H groups in total. The molecule has 0 aliphatic carbocycles. The number of hydrogen-bond donors (Lipinski definition) is 1. The predicted molar refractivity (Wildman–Crippen MR) is 173 cm³/mol. The normalized spacial score (nSPS) is 18.0. The van der Waals surface area contributed by atoms with Gasteiger partial charge in [-0.2, -0.15) is 0 Å². The van der Waals surface area contributed by atoms with Crippen LogP contribution in [0.1, 0.15) is 138 Å². The van der Waals surface area contributed by atoms with Gasteiger partial charge in [-0.1, -0.05) is 93.4 Å². The van der Waals surface area contributed by atoms with Gasteiger partial charge in [0.1, 0.15) is 0 Å². The Kier molecular flexibility index (Phi) is 18.6. The first-order chi connectivity index (χ1) is 19.3. The molecule has 0 radical (unpaired) electrons. The zero-order valence-corrected chi connectivity index (χ0v) is 29.5. The van der Waals surface area contributed by atoms with Crippen molar-refractivity contribution in [3.63, 3.8) is 0 Å². The van der Waals surface area contributed by atoms with Gasteiger partial charge in [0.05, 0.1) is 31.8 Å². The third-order valence-corrected chi connectivity index (χ3v) is 14.0. The Morgan fingerprint density at radius 3 is 2.10 bits per heavy atom. The molecule has 1 fully saturated rings. The van der Waals surface area contributed by atoms with Crippen LogP contribution in [0, 0.1) is 17.8 Å². The van der Waals surface area contributed by atoms with Crippen molar-refractivity contribution in [1.82, 2.24) is 0 Å². The maximum Gasteiger partial charge on any atom is 0.308 e. The summed E-state index contributed by atoms with van der Waals surface area (Å²) in [4.78, 5) is 11.7. The number of aliphatic hydroxyl groups is 1. The lowest BCUT2D eigenvalue weighted by Gasteiger charge is -2.40. The molecule has 1 heterocycles. The number of ether oxygens (including phenoxy) is 3. The number of esters is 1. The largest absolute Gasteiger partial charge is 0.465 e. The monoisotopic (exact) mass is 600 g/mol. The molecule has 0 aromatic carbocycles. The van der Waals surface area contributed by atoms with Crippen LogP contribution in [0.5, 0.6) is 0 Å². The van der Waals surface area contributed by atoms with Crippen LogP contribution < -0.4 is 0 Å². The fraction of sp³-hybridized carbons (Fsp3) is 0.971. The van der Waals surface area contributed by atoms with Gasteiger partial charge in [0.2, 0.25) is 0 Å². The lowest BCUT2D eigenvalue weighted by atomic mass is 9.79. The lowest BCUT2D eigenvalue weighted by Crippen LogP contribution is -2.43. The van der Waals surface area contributed by atoms with Crippen LogP contribution in [0.2, 0.25) is 18.1 Å². The quantitative estimate of drug-likeness (QED) is 0.0716. The van der Waals surface area contributed by atoms with Gasteiger partial charge in [-0.15, -0.1) is 0 Å². The molecule has 1 aliphatic heterocycles. The van der Waals surface area contributed by atoms with Crippen LogP contribution in [0.25, 0.3) is 0 Å². The highest BCUT2D eigenvalue weighted by Gasteiger charge is 2.41. The Balaban J connectivity index is 2.86. The minimum Gasteiger partial charge on any atom is -0.465 e. The number of carbonyl (C=O) groups excluding carboxylic acids is 1. The summed E-state index contributed by atoms with van der Waals surface area (Å²) in [5.41, 5.74) is 0. The molecule has 0 aromatic rings. The van der Waals surface area contributed by atoms with E-state index in [9.17, 15) is 9.90 Å². The molecule has 0 aromatic heterocycles. The van der Waals surface area contributed by atoms with E-state index in [2.05, 4.69) is 47.7 Å². The standard InChI is InChI=1S/C34H68O6Si/c1-10-12-13-15-18-22-34(38-25-26-39-34)23-21-30(31(35)11-2)29(27-40-41(8,9)33(5,6)7)20-17-14-16-19-24-37-32(36)28(3)4/h28-31,35H,10-27H2,1-9H3/t29-,30+,31+/m0/s1. The predicted octanol–water partition coefficient (Wildman–Crippen LogP) is 9.05. The van der Waals surface area contributed by atoms with Crippen molar-refractivity contribution in [3.05, 3.63) is 0 Å². The Morgan fingerprint density at radius 2 is 1.51 bits per heavy atom. The lowest BCUT2D eigenvalue weighted by molar-refractivity contribution is -0.172. The maximum atomic E-state index is 11.7. The number of aliphatic hydroxyl groups excluding tert-OH is 1. The van der Waals surface area contributed by atoms with Crippen LogP contribution in [-0.4, -0.2) is 57.7 Å². The molecule has 0 bridgehead atoms. The summed E-state index contributed by atoms with van der Waals surface area (Å²) in [6, 6.07) is 0. The Bertz CT molecular complexity index is 683. The fourth-order valence-electron chi connectivity index (χ4n) is 5.49.